The fourth-order valence-corrected chi connectivity index (χ4v) is 3.91. The first-order chi connectivity index (χ1) is 16.0. The van der Waals surface area contributed by atoms with E-state index in [0.717, 1.165) is 50.9 Å². The minimum atomic E-state index is -5.08. The number of hydrogen-bond acceptors (Lipinski definition) is 4. The van der Waals surface area contributed by atoms with E-state index < -0.39 is 12.1 Å². The summed E-state index contributed by atoms with van der Waals surface area (Å²) in [6.45, 7) is 5.88. The highest BCUT2D eigenvalue weighted by molar-refractivity contribution is 6.03. The summed E-state index contributed by atoms with van der Waals surface area (Å²) in [4.78, 5) is 36.0. The Bertz CT molecular complexity index is 880. The zero-order chi connectivity index (χ0) is 25.3. The molecule has 10 heteroatoms. The molecule has 3 N–H and O–H groups in total. The van der Waals surface area contributed by atoms with E-state index in [4.69, 9.17) is 9.90 Å². The average Bonchev–Trinajstić information content (AvgIpc) is 3.21. The van der Waals surface area contributed by atoms with E-state index >= 15 is 0 Å². The third-order valence-corrected chi connectivity index (χ3v) is 5.55. The number of amides is 2. The summed E-state index contributed by atoms with van der Waals surface area (Å²) in [7, 11) is 0. The molecule has 34 heavy (non-hydrogen) atoms. The topological polar surface area (TPSA) is 98.7 Å². The van der Waals surface area contributed by atoms with Gasteiger partial charge in [-0.3, -0.25) is 9.59 Å². The van der Waals surface area contributed by atoms with Gasteiger partial charge < -0.3 is 20.6 Å². The van der Waals surface area contributed by atoms with Gasteiger partial charge in [0.05, 0.1) is 6.04 Å². The molecular weight excluding hydrogens is 451 g/mol. The summed E-state index contributed by atoms with van der Waals surface area (Å²) in [5, 5.41) is 13.5. The Morgan fingerprint density at radius 1 is 1.24 bits per heavy atom. The second-order valence-corrected chi connectivity index (χ2v) is 8.78. The molecule has 0 spiro atoms. The van der Waals surface area contributed by atoms with Crippen LogP contribution >= 0.6 is 0 Å². The zero-order valence-corrected chi connectivity index (χ0v) is 19.4. The van der Waals surface area contributed by atoms with Crippen molar-refractivity contribution < 1.29 is 32.7 Å². The molecule has 0 radical (unpaired) electrons. The molecule has 2 aliphatic rings. The molecule has 0 saturated carbocycles. The van der Waals surface area contributed by atoms with Gasteiger partial charge in [0.15, 0.2) is 0 Å². The van der Waals surface area contributed by atoms with Gasteiger partial charge in [0.2, 0.25) is 5.91 Å². The maximum Gasteiger partial charge on any atom is 0.490 e. The van der Waals surface area contributed by atoms with Gasteiger partial charge in [-0.05, 0) is 49.8 Å². The van der Waals surface area contributed by atoms with Crippen LogP contribution in [0.15, 0.2) is 36.4 Å². The number of carbonyl (C=O) groups is 3. The van der Waals surface area contributed by atoms with E-state index in [-0.39, 0.29) is 23.9 Å². The van der Waals surface area contributed by atoms with Crippen LogP contribution in [0.3, 0.4) is 0 Å². The number of rotatable bonds is 6. The normalized spacial score (nSPS) is 18.8. The number of alkyl halides is 3. The van der Waals surface area contributed by atoms with Crippen molar-refractivity contribution in [3.8, 4) is 0 Å². The van der Waals surface area contributed by atoms with Crippen molar-refractivity contribution >= 4 is 23.5 Å². The quantitative estimate of drug-likeness (QED) is 0.539. The second-order valence-electron chi connectivity index (χ2n) is 8.78. The number of benzene rings is 1. The Morgan fingerprint density at radius 2 is 1.91 bits per heavy atom. The highest BCUT2D eigenvalue weighted by atomic mass is 19.4. The number of anilines is 1. The standard InChI is InChI=1S/C22H31N3O2.C2HF3O2/c1-16(2)15-18(24-22(27)19-8-5-6-13-23-19)10-11-21(26)25-14-12-17-7-3-4-9-20(17)25;3-2(4,5)1(6)7/h3-4,7,9-11,16,18-19,23H,5-6,8,12-15H2,1-2H3,(H,24,27);(H,6,7)/t18-,19+;/m1./s1. The van der Waals surface area contributed by atoms with Crippen LogP contribution in [0.25, 0.3) is 0 Å². The number of hydrogen-bond donors (Lipinski definition) is 3. The molecule has 2 heterocycles. The second kappa shape index (κ2) is 12.5. The summed E-state index contributed by atoms with van der Waals surface area (Å²) in [5.41, 5.74) is 2.22. The molecule has 1 aromatic rings. The maximum atomic E-state index is 12.7. The lowest BCUT2D eigenvalue weighted by Gasteiger charge is -2.25. The van der Waals surface area contributed by atoms with Crippen LogP contribution in [0.4, 0.5) is 18.9 Å². The molecule has 0 aromatic heterocycles. The molecule has 1 saturated heterocycles. The number of nitrogens with zero attached hydrogens (tertiary/aromatic N) is 1. The van der Waals surface area contributed by atoms with Gasteiger partial charge in [-0.25, -0.2) is 4.79 Å². The summed E-state index contributed by atoms with van der Waals surface area (Å²) >= 11 is 0. The van der Waals surface area contributed by atoms with Crippen LogP contribution in [0.1, 0.15) is 45.1 Å². The number of carboxylic acids is 1. The maximum absolute atomic E-state index is 12.7. The Morgan fingerprint density at radius 3 is 2.50 bits per heavy atom. The van der Waals surface area contributed by atoms with Crippen LogP contribution in [0, 0.1) is 5.92 Å². The molecule has 2 amide bonds. The molecule has 0 bridgehead atoms. The number of fused-ring (bicyclic) bond motifs is 1. The van der Waals surface area contributed by atoms with Crippen LogP contribution in [-0.2, 0) is 20.8 Å². The molecule has 7 nitrogen and oxygen atoms in total. The van der Waals surface area contributed by atoms with Crippen molar-refractivity contribution in [2.45, 2.75) is 64.2 Å². The number of aliphatic carboxylic acids is 1. The summed E-state index contributed by atoms with van der Waals surface area (Å²) in [6, 6.07) is 7.82. The minimum Gasteiger partial charge on any atom is -0.475 e. The van der Waals surface area contributed by atoms with Gasteiger partial charge in [-0.1, -0.05) is 44.5 Å². The van der Waals surface area contributed by atoms with Gasteiger partial charge in [-0.15, -0.1) is 0 Å². The smallest absolute Gasteiger partial charge is 0.475 e. The number of halogens is 3. The zero-order valence-electron chi connectivity index (χ0n) is 19.4. The van der Waals surface area contributed by atoms with Crippen LogP contribution in [0.2, 0.25) is 0 Å². The van der Waals surface area contributed by atoms with Crippen molar-refractivity contribution in [1.29, 1.82) is 0 Å². The van der Waals surface area contributed by atoms with Crippen LogP contribution in [-0.4, -0.2) is 54.2 Å². The number of carboxylic acid groups (broad SMARTS) is 1. The molecule has 2 aliphatic heterocycles. The first-order valence-corrected chi connectivity index (χ1v) is 11.4. The van der Waals surface area contributed by atoms with Crippen molar-refractivity contribution in [3.63, 3.8) is 0 Å². The molecule has 188 valence electrons. The van der Waals surface area contributed by atoms with Crippen molar-refractivity contribution in [2.24, 2.45) is 5.92 Å². The van der Waals surface area contributed by atoms with E-state index in [1.165, 1.54) is 5.56 Å². The fraction of sp³-hybridized carbons (Fsp3) is 0.542. The summed E-state index contributed by atoms with van der Waals surface area (Å²) in [6.07, 6.45) is 3.22. The largest absolute Gasteiger partial charge is 0.490 e. The average molecular weight is 484 g/mol. The Balaban J connectivity index is 0.000000509. The number of carbonyl (C=O) groups excluding carboxylic acids is 2. The number of para-hydroxylation sites is 1. The van der Waals surface area contributed by atoms with Crippen molar-refractivity contribution in [2.75, 3.05) is 18.0 Å². The Labute approximate surface area is 197 Å². The van der Waals surface area contributed by atoms with Crippen LogP contribution < -0.4 is 15.5 Å². The highest BCUT2D eigenvalue weighted by Gasteiger charge is 2.38. The van der Waals surface area contributed by atoms with Gasteiger partial charge in [-0.2, -0.15) is 13.2 Å². The first kappa shape index (κ1) is 27.4. The van der Waals surface area contributed by atoms with Gasteiger partial charge in [0.1, 0.15) is 0 Å². The molecule has 3 rings (SSSR count). The lowest BCUT2D eigenvalue weighted by atomic mass is 10.0. The van der Waals surface area contributed by atoms with Gasteiger partial charge in [0, 0.05) is 24.4 Å². The number of nitrogens with one attached hydrogen (secondary N) is 2. The third kappa shape index (κ3) is 8.48. The third-order valence-electron chi connectivity index (χ3n) is 5.55. The predicted molar refractivity (Wildman–Crippen MR) is 122 cm³/mol. The number of piperidine rings is 1. The fourth-order valence-electron chi connectivity index (χ4n) is 3.91. The highest BCUT2D eigenvalue weighted by Crippen LogP contribution is 2.27. The van der Waals surface area contributed by atoms with Gasteiger partial charge in [0.25, 0.3) is 5.91 Å². The van der Waals surface area contributed by atoms with E-state index in [1.807, 2.05) is 29.2 Å². The van der Waals surface area contributed by atoms with Crippen LogP contribution in [0.5, 0.6) is 0 Å². The van der Waals surface area contributed by atoms with E-state index in [0.29, 0.717) is 5.92 Å². The van der Waals surface area contributed by atoms with Crippen molar-refractivity contribution in [1.82, 2.24) is 10.6 Å². The molecular formula is C24H32F3N3O4. The monoisotopic (exact) mass is 483 g/mol. The molecule has 1 fully saturated rings. The lowest BCUT2D eigenvalue weighted by Crippen LogP contribution is -2.49. The first-order valence-electron chi connectivity index (χ1n) is 11.4. The van der Waals surface area contributed by atoms with Gasteiger partial charge >= 0.3 is 12.1 Å². The van der Waals surface area contributed by atoms with E-state index in [2.05, 4.69) is 30.5 Å². The van der Waals surface area contributed by atoms with E-state index in [9.17, 15) is 22.8 Å². The molecule has 0 aliphatic carbocycles. The minimum absolute atomic E-state index is 0.0150. The lowest BCUT2D eigenvalue weighted by molar-refractivity contribution is -0.192. The molecule has 2 atom stereocenters. The van der Waals surface area contributed by atoms with E-state index in [1.54, 1.807) is 6.08 Å². The SMILES string of the molecule is CC(C)C[C@@H](C=CC(=O)N1CCc2ccccc21)NC(=O)[C@@H]1CCCCN1.O=C(O)C(F)(F)F. The predicted octanol–water partition coefficient (Wildman–Crippen LogP) is 3.44. The molecule has 0 unspecified atom stereocenters. The summed E-state index contributed by atoms with van der Waals surface area (Å²) in [5.74, 6) is -2.29. The summed E-state index contributed by atoms with van der Waals surface area (Å²) < 4.78 is 31.7. The Kier molecular flexibility index (Phi) is 10.1. The molecule has 1 aromatic carbocycles. The Hall–Kier alpha value is -2.88. The van der Waals surface area contributed by atoms with Crippen molar-refractivity contribution in [3.05, 3.63) is 42.0 Å².